The van der Waals surface area contributed by atoms with Gasteiger partial charge in [0.25, 0.3) is 0 Å². The van der Waals surface area contributed by atoms with Crippen molar-refractivity contribution in [2.24, 2.45) is 0 Å². The summed E-state index contributed by atoms with van der Waals surface area (Å²) in [6, 6.07) is 12.0. The molecule has 0 saturated carbocycles. The molecule has 20 heavy (non-hydrogen) atoms. The fourth-order valence-electron chi connectivity index (χ4n) is 2.32. The Bertz CT molecular complexity index is 646. The van der Waals surface area contributed by atoms with Gasteiger partial charge in [0.05, 0.1) is 19.1 Å². The number of hydrogen-bond acceptors (Lipinski definition) is 4. The van der Waals surface area contributed by atoms with Crippen LogP contribution >= 0.6 is 0 Å². The molecule has 0 aromatic heterocycles. The summed E-state index contributed by atoms with van der Waals surface area (Å²) in [7, 11) is 1.61. The molecule has 1 unspecified atom stereocenters. The van der Waals surface area contributed by atoms with Gasteiger partial charge in [0.15, 0.2) is 5.78 Å². The van der Waals surface area contributed by atoms with Crippen LogP contribution in [0.25, 0.3) is 0 Å². The van der Waals surface area contributed by atoms with Crippen LogP contribution in [0.2, 0.25) is 0 Å². The number of phenolic OH excluding ortho intramolecular Hbond substituents is 1. The predicted molar refractivity (Wildman–Crippen MR) is 73.4 cm³/mol. The van der Waals surface area contributed by atoms with Gasteiger partial charge in [-0.25, -0.2) is 0 Å². The van der Waals surface area contributed by atoms with E-state index >= 15 is 0 Å². The first kappa shape index (κ1) is 12.5. The second-order valence-corrected chi connectivity index (χ2v) is 4.69. The topological polar surface area (TPSA) is 55.8 Å². The summed E-state index contributed by atoms with van der Waals surface area (Å²) in [5.74, 6) is 1.30. The molecule has 102 valence electrons. The zero-order valence-corrected chi connectivity index (χ0v) is 11.0. The van der Waals surface area contributed by atoms with Crippen LogP contribution in [0.5, 0.6) is 17.2 Å². The fraction of sp³-hybridized carbons (Fsp3) is 0.188. The van der Waals surface area contributed by atoms with Gasteiger partial charge in [0.1, 0.15) is 23.4 Å². The van der Waals surface area contributed by atoms with Crippen molar-refractivity contribution in [2.75, 3.05) is 7.11 Å². The molecule has 1 atom stereocenters. The quantitative estimate of drug-likeness (QED) is 0.911. The molecular formula is C16H14O4. The van der Waals surface area contributed by atoms with Crippen molar-refractivity contribution in [1.29, 1.82) is 0 Å². The van der Waals surface area contributed by atoms with Crippen LogP contribution in [0.4, 0.5) is 0 Å². The van der Waals surface area contributed by atoms with Crippen LogP contribution in [-0.2, 0) is 0 Å². The van der Waals surface area contributed by atoms with E-state index in [1.54, 1.807) is 13.2 Å². The van der Waals surface area contributed by atoms with E-state index in [9.17, 15) is 9.90 Å². The lowest BCUT2D eigenvalue weighted by Crippen LogP contribution is -2.20. The molecule has 0 saturated heterocycles. The Morgan fingerprint density at radius 3 is 2.65 bits per heavy atom. The van der Waals surface area contributed by atoms with Gasteiger partial charge >= 0.3 is 0 Å². The summed E-state index contributed by atoms with van der Waals surface area (Å²) in [5.41, 5.74) is 1.43. The molecule has 1 N–H and O–H groups in total. The number of aromatic hydroxyl groups is 1. The van der Waals surface area contributed by atoms with Crippen LogP contribution in [-0.4, -0.2) is 18.0 Å². The summed E-state index contributed by atoms with van der Waals surface area (Å²) in [5, 5.41) is 9.49. The first-order valence-electron chi connectivity index (χ1n) is 6.34. The molecular weight excluding hydrogens is 256 g/mol. The van der Waals surface area contributed by atoms with Crippen molar-refractivity contribution in [3.63, 3.8) is 0 Å². The maximum absolute atomic E-state index is 12.1. The number of rotatable bonds is 2. The Morgan fingerprint density at radius 2 is 1.95 bits per heavy atom. The summed E-state index contributed by atoms with van der Waals surface area (Å²) in [6.07, 6.45) is -0.0351. The third kappa shape index (κ3) is 2.20. The number of phenols is 1. The Balaban J connectivity index is 1.91. The zero-order valence-electron chi connectivity index (χ0n) is 11.0. The number of carbonyl (C=O) groups excluding carboxylic acids is 1. The fourth-order valence-corrected chi connectivity index (χ4v) is 2.32. The second-order valence-electron chi connectivity index (χ2n) is 4.69. The van der Waals surface area contributed by atoms with E-state index in [0.717, 1.165) is 11.3 Å². The van der Waals surface area contributed by atoms with Gasteiger partial charge in [-0.15, -0.1) is 0 Å². The van der Waals surface area contributed by atoms with Crippen molar-refractivity contribution < 1.29 is 19.4 Å². The first-order valence-corrected chi connectivity index (χ1v) is 6.34. The Kier molecular flexibility index (Phi) is 3.06. The highest BCUT2D eigenvalue weighted by molar-refractivity contribution is 6.00. The number of methoxy groups -OCH3 is 1. The number of Topliss-reactive ketones (excluding diaryl/α,β-unsaturated/α-hetero) is 1. The van der Waals surface area contributed by atoms with E-state index in [0.29, 0.717) is 17.7 Å². The van der Waals surface area contributed by atoms with Crippen molar-refractivity contribution >= 4 is 5.78 Å². The SMILES string of the molecule is COc1ccc(C2CC(=O)c3ccc(O)cc3O2)cc1. The number of ether oxygens (including phenoxy) is 2. The molecule has 1 aliphatic heterocycles. The van der Waals surface area contributed by atoms with Crippen molar-refractivity contribution in [2.45, 2.75) is 12.5 Å². The molecule has 0 bridgehead atoms. The lowest BCUT2D eigenvalue weighted by atomic mass is 9.96. The standard InChI is InChI=1S/C16H14O4/c1-19-12-5-2-10(3-6-12)15-9-14(18)13-7-4-11(17)8-16(13)20-15/h2-8,15,17H,9H2,1H3. The molecule has 3 rings (SSSR count). The number of fused-ring (bicyclic) bond motifs is 1. The molecule has 0 amide bonds. The molecule has 0 aliphatic carbocycles. The number of carbonyl (C=O) groups is 1. The highest BCUT2D eigenvalue weighted by Gasteiger charge is 2.27. The third-order valence-corrected chi connectivity index (χ3v) is 3.39. The second kappa shape index (κ2) is 4.89. The monoisotopic (exact) mass is 270 g/mol. The molecule has 2 aromatic rings. The van der Waals surface area contributed by atoms with Crippen LogP contribution in [0.15, 0.2) is 42.5 Å². The molecule has 4 heteroatoms. The van der Waals surface area contributed by atoms with Crippen molar-refractivity contribution in [1.82, 2.24) is 0 Å². The van der Waals surface area contributed by atoms with Gasteiger partial charge < -0.3 is 14.6 Å². The lowest BCUT2D eigenvalue weighted by Gasteiger charge is -2.25. The minimum Gasteiger partial charge on any atom is -0.508 e. The average Bonchev–Trinajstić information content (AvgIpc) is 2.46. The minimum atomic E-state index is -0.331. The maximum Gasteiger partial charge on any atom is 0.170 e. The van der Waals surface area contributed by atoms with Gasteiger partial charge in [-0.05, 0) is 29.8 Å². The summed E-state index contributed by atoms with van der Waals surface area (Å²) in [6.45, 7) is 0. The van der Waals surface area contributed by atoms with Gasteiger partial charge in [-0.2, -0.15) is 0 Å². The highest BCUT2D eigenvalue weighted by Crippen LogP contribution is 2.36. The molecule has 1 aliphatic rings. The summed E-state index contributed by atoms with van der Waals surface area (Å²) in [4.78, 5) is 12.1. The Labute approximate surface area is 116 Å². The Hall–Kier alpha value is -2.49. The third-order valence-electron chi connectivity index (χ3n) is 3.39. The van der Waals surface area contributed by atoms with Gasteiger partial charge in [0, 0.05) is 6.07 Å². The van der Waals surface area contributed by atoms with Crippen molar-refractivity contribution in [3.05, 3.63) is 53.6 Å². The predicted octanol–water partition coefficient (Wildman–Crippen LogP) is 3.11. The zero-order chi connectivity index (χ0) is 14.1. The average molecular weight is 270 g/mol. The van der Waals surface area contributed by atoms with Crippen LogP contribution < -0.4 is 9.47 Å². The molecule has 4 nitrogen and oxygen atoms in total. The molecule has 0 fully saturated rings. The van der Waals surface area contributed by atoms with Gasteiger partial charge in [0.2, 0.25) is 0 Å². The minimum absolute atomic E-state index is 0.0204. The van der Waals surface area contributed by atoms with E-state index in [2.05, 4.69) is 0 Å². The maximum atomic E-state index is 12.1. The highest BCUT2D eigenvalue weighted by atomic mass is 16.5. The van der Waals surface area contributed by atoms with Crippen LogP contribution in [0.1, 0.15) is 28.4 Å². The van der Waals surface area contributed by atoms with E-state index < -0.39 is 0 Å². The smallest absolute Gasteiger partial charge is 0.170 e. The number of hydrogen-bond donors (Lipinski definition) is 1. The van der Waals surface area contributed by atoms with E-state index in [1.807, 2.05) is 24.3 Å². The van der Waals surface area contributed by atoms with Crippen LogP contribution in [0, 0.1) is 0 Å². The van der Waals surface area contributed by atoms with E-state index in [4.69, 9.17) is 9.47 Å². The van der Waals surface area contributed by atoms with Crippen LogP contribution in [0.3, 0.4) is 0 Å². The largest absolute Gasteiger partial charge is 0.508 e. The Morgan fingerprint density at radius 1 is 1.20 bits per heavy atom. The summed E-state index contributed by atoms with van der Waals surface area (Å²) < 4.78 is 10.9. The normalized spacial score (nSPS) is 17.2. The first-order chi connectivity index (χ1) is 9.67. The number of benzene rings is 2. The lowest BCUT2D eigenvalue weighted by molar-refractivity contribution is 0.0849. The van der Waals surface area contributed by atoms with Gasteiger partial charge in [-0.3, -0.25) is 4.79 Å². The molecule has 1 heterocycles. The van der Waals surface area contributed by atoms with Crippen molar-refractivity contribution in [3.8, 4) is 17.2 Å². The molecule has 0 spiro atoms. The summed E-state index contributed by atoms with van der Waals surface area (Å²) >= 11 is 0. The van der Waals surface area contributed by atoms with Gasteiger partial charge in [-0.1, -0.05) is 12.1 Å². The molecule has 0 radical (unpaired) electrons. The molecule has 2 aromatic carbocycles. The van der Waals surface area contributed by atoms with E-state index in [1.165, 1.54) is 12.1 Å². The number of ketones is 1. The van der Waals surface area contributed by atoms with E-state index in [-0.39, 0.29) is 17.6 Å².